The van der Waals surface area contributed by atoms with E-state index in [0.29, 0.717) is 0 Å². The van der Waals surface area contributed by atoms with Crippen LogP contribution in [-0.2, 0) is 4.79 Å². The van der Waals surface area contributed by atoms with Crippen LogP contribution in [-0.4, -0.2) is 35.5 Å². The van der Waals surface area contributed by atoms with E-state index in [0.717, 1.165) is 12.1 Å². The van der Waals surface area contributed by atoms with Crippen molar-refractivity contribution in [3.05, 3.63) is 35.4 Å². The number of nitrogens with zero attached hydrogens (tertiary/aromatic N) is 1. The fourth-order valence-electron chi connectivity index (χ4n) is 1.57. The van der Waals surface area contributed by atoms with Gasteiger partial charge in [-0.15, -0.1) is 0 Å². The van der Waals surface area contributed by atoms with Gasteiger partial charge >= 0.3 is 0 Å². The molecule has 0 fully saturated rings. The molecule has 3 N–H and O–H groups in total. The van der Waals surface area contributed by atoms with Gasteiger partial charge in [0, 0.05) is 6.54 Å². The number of carbonyl (C=O) groups is 1. The predicted molar refractivity (Wildman–Crippen MR) is 62.6 cm³/mol. The van der Waals surface area contributed by atoms with Gasteiger partial charge in [-0.2, -0.15) is 0 Å². The van der Waals surface area contributed by atoms with Crippen LogP contribution in [0, 0.1) is 11.6 Å². The molecule has 0 heterocycles. The molecule has 100 valence electrons. The van der Waals surface area contributed by atoms with Crippen LogP contribution in [0.15, 0.2) is 18.2 Å². The third-order valence-corrected chi connectivity index (χ3v) is 2.87. The molecule has 0 radical (unpaired) electrons. The second-order valence-corrected chi connectivity index (χ2v) is 4.17. The fourth-order valence-corrected chi connectivity index (χ4v) is 1.57. The molecule has 1 aromatic rings. The van der Waals surface area contributed by atoms with Crippen LogP contribution in [0.2, 0.25) is 0 Å². The molecule has 6 heteroatoms. The first kappa shape index (κ1) is 14.5. The first-order valence-corrected chi connectivity index (χ1v) is 5.46. The van der Waals surface area contributed by atoms with Crippen molar-refractivity contribution >= 4 is 5.91 Å². The zero-order valence-corrected chi connectivity index (χ0v) is 10.2. The van der Waals surface area contributed by atoms with Crippen LogP contribution >= 0.6 is 0 Å². The number of rotatable bonds is 5. The molecule has 1 unspecified atom stereocenters. The number of likely N-dealkylation sites (N-methyl/N-ethyl adjacent to an activating group) is 1. The van der Waals surface area contributed by atoms with E-state index in [2.05, 4.69) is 0 Å². The number of aliphatic hydroxyl groups is 1. The molecular weight excluding hydrogens is 242 g/mol. The molecule has 0 saturated heterocycles. The Kier molecular flexibility index (Phi) is 4.75. The Balaban J connectivity index is 2.83. The monoisotopic (exact) mass is 258 g/mol. The van der Waals surface area contributed by atoms with Crippen LogP contribution in [0.5, 0.6) is 0 Å². The van der Waals surface area contributed by atoms with Crippen molar-refractivity contribution in [2.24, 2.45) is 5.73 Å². The highest BCUT2D eigenvalue weighted by Crippen LogP contribution is 2.21. The van der Waals surface area contributed by atoms with E-state index in [-0.39, 0.29) is 6.54 Å². The Hall–Kier alpha value is -1.53. The van der Waals surface area contributed by atoms with E-state index in [1.165, 1.54) is 18.0 Å². The summed E-state index contributed by atoms with van der Waals surface area (Å²) in [7, 11) is 1.54. The lowest BCUT2D eigenvalue weighted by Gasteiger charge is -2.25. The highest BCUT2D eigenvalue weighted by atomic mass is 19.1. The molecule has 0 aromatic heterocycles. The lowest BCUT2D eigenvalue weighted by molar-refractivity contribution is -0.122. The number of benzene rings is 1. The van der Waals surface area contributed by atoms with Crippen LogP contribution in [0.1, 0.15) is 18.6 Å². The Morgan fingerprint density at radius 3 is 2.39 bits per heavy atom. The first-order valence-electron chi connectivity index (χ1n) is 5.46. The zero-order chi connectivity index (χ0) is 13.9. The van der Waals surface area contributed by atoms with Crippen molar-refractivity contribution < 1.29 is 18.7 Å². The van der Waals surface area contributed by atoms with E-state index in [1.807, 2.05) is 0 Å². The number of halogens is 2. The SMILES string of the molecule is C[C@H](C(N)=O)N(C)CC(O)c1c(F)cccc1F. The third-order valence-electron chi connectivity index (χ3n) is 2.87. The number of primary amides is 1. The molecular formula is C12H16F2N2O2. The van der Waals surface area contributed by atoms with Crippen molar-refractivity contribution in [3.8, 4) is 0 Å². The molecule has 0 saturated carbocycles. The molecule has 1 rings (SSSR count). The summed E-state index contributed by atoms with van der Waals surface area (Å²) in [5.41, 5.74) is 4.70. The number of hydrogen-bond acceptors (Lipinski definition) is 3. The average Bonchev–Trinajstić information content (AvgIpc) is 2.27. The molecule has 0 aliphatic heterocycles. The van der Waals surface area contributed by atoms with Gasteiger partial charge in [0.1, 0.15) is 11.6 Å². The number of amides is 1. The minimum Gasteiger partial charge on any atom is -0.387 e. The molecule has 0 aliphatic carbocycles. The maximum absolute atomic E-state index is 13.4. The van der Waals surface area contributed by atoms with Crippen molar-refractivity contribution in [2.45, 2.75) is 19.1 Å². The molecule has 0 spiro atoms. The Morgan fingerprint density at radius 2 is 1.94 bits per heavy atom. The van der Waals surface area contributed by atoms with E-state index in [4.69, 9.17) is 5.73 Å². The quantitative estimate of drug-likeness (QED) is 0.821. The Bertz CT molecular complexity index is 420. The standard InChI is InChI=1S/C12H16F2N2O2/c1-7(12(15)18)16(2)6-10(17)11-8(13)4-3-5-9(11)14/h3-5,7,10,17H,6H2,1-2H3,(H2,15,18)/t7-,10?/m1/s1. The molecule has 4 nitrogen and oxygen atoms in total. The summed E-state index contributed by atoms with van der Waals surface area (Å²) < 4.78 is 26.8. The van der Waals surface area contributed by atoms with Crippen molar-refractivity contribution in [3.63, 3.8) is 0 Å². The number of nitrogens with two attached hydrogens (primary N) is 1. The molecule has 0 aliphatic rings. The lowest BCUT2D eigenvalue weighted by Crippen LogP contribution is -2.42. The summed E-state index contributed by atoms with van der Waals surface area (Å²) in [5, 5.41) is 9.81. The molecule has 18 heavy (non-hydrogen) atoms. The normalized spacial score (nSPS) is 14.6. The molecule has 1 aromatic carbocycles. The van der Waals surface area contributed by atoms with Crippen LogP contribution < -0.4 is 5.73 Å². The van der Waals surface area contributed by atoms with Gasteiger partial charge in [0.05, 0.1) is 17.7 Å². The summed E-state index contributed by atoms with van der Waals surface area (Å²) in [5.74, 6) is -2.20. The molecule has 2 atom stereocenters. The van der Waals surface area contributed by atoms with Gasteiger partial charge < -0.3 is 10.8 Å². The van der Waals surface area contributed by atoms with Crippen LogP contribution in [0.4, 0.5) is 8.78 Å². The second-order valence-electron chi connectivity index (χ2n) is 4.17. The summed E-state index contributed by atoms with van der Waals surface area (Å²) in [6.07, 6.45) is -1.36. The smallest absolute Gasteiger partial charge is 0.234 e. The summed E-state index contributed by atoms with van der Waals surface area (Å²) in [4.78, 5) is 12.4. The second kappa shape index (κ2) is 5.88. The predicted octanol–water partition coefficient (Wildman–Crippen LogP) is 0.804. The van der Waals surface area contributed by atoms with Gasteiger partial charge in [-0.1, -0.05) is 6.07 Å². The van der Waals surface area contributed by atoms with E-state index < -0.39 is 35.3 Å². The van der Waals surface area contributed by atoms with Gasteiger partial charge in [0.2, 0.25) is 5.91 Å². The maximum Gasteiger partial charge on any atom is 0.234 e. The number of hydrogen-bond donors (Lipinski definition) is 2. The summed E-state index contributed by atoms with van der Waals surface area (Å²) >= 11 is 0. The van der Waals surface area contributed by atoms with E-state index in [1.54, 1.807) is 6.92 Å². The van der Waals surface area contributed by atoms with Gasteiger partial charge in [0.15, 0.2) is 0 Å². The van der Waals surface area contributed by atoms with Crippen molar-refractivity contribution in [1.82, 2.24) is 4.90 Å². The van der Waals surface area contributed by atoms with Gasteiger partial charge in [-0.05, 0) is 26.1 Å². The average molecular weight is 258 g/mol. The van der Waals surface area contributed by atoms with Crippen molar-refractivity contribution in [1.29, 1.82) is 0 Å². The number of aliphatic hydroxyl groups excluding tert-OH is 1. The maximum atomic E-state index is 13.4. The summed E-state index contributed by atoms with van der Waals surface area (Å²) in [6.45, 7) is 1.45. The lowest BCUT2D eigenvalue weighted by atomic mass is 10.1. The van der Waals surface area contributed by atoms with E-state index in [9.17, 15) is 18.7 Å². The minimum absolute atomic E-state index is 0.0953. The van der Waals surface area contributed by atoms with Crippen LogP contribution in [0.25, 0.3) is 0 Å². The van der Waals surface area contributed by atoms with Gasteiger partial charge in [0.25, 0.3) is 0 Å². The fraction of sp³-hybridized carbons (Fsp3) is 0.417. The Labute approximate surface area is 104 Å². The van der Waals surface area contributed by atoms with Gasteiger partial charge in [-0.25, -0.2) is 8.78 Å². The number of carbonyl (C=O) groups excluding carboxylic acids is 1. The zero-order valence-electron chi connectivity index (χ0n) is 10.2. The summed E-state index contributed by atoms with van der Waals surface area (Å²) in [6, 6.07) is 2.73. The highest BCUT2D eigenvalue weighted by Gasteiger charge is 2.22. The molecule has 1 amide bonds. The largest absolute Gasteiger partial charge is 0.387 e. The first-order chi connectivity index (χ1) is 8.34. The van der Waals surface area contributed by atoms with Gasteiger partial charge in [-0.3, -0.25) is 9.69 Å². The Morgan fingerprint density at radius 1 is 1.44 bits per heavy atom. The molecule has 0 bridgehead atoms. The third kappa shape index (κ3) is 3.24. The highest BCUT2D eigenvalue weighted by molar-refractivity contribution is 5.79. The topological polar surface area (TPSA) is 66.6 Å². The van der Waals surface area contributed by atoms with E-state index >= 15 is 0 Å². The minimum atomic E-state index is -1.36. The van der Waals surface area contributed by atoms with Crippen molar-refractivity contribution in [2.75, 3.05) is 13.6 Å². The van der Waals surface area contributed by atoms with Crippen LogP contribution in [0.3, 0.4) is 0 Å².